The lowest BCUT2D eigenvalue weighted by atomic mass is 10.2. The lowest BCUT2D eigenvalue weighted by molar-refractivity contribution is -0.205. The summed E-state index contributed by atoms with van der Waals surface area (Å²) in [5.41, 5.74) is 2.43. The van der Waals surface area contributed by atoms with Crippen molar-refractivity contribution in [3.8, 4) is 0 Å². The summed E-state index contributed by atoms with van der Waals surface area (Å²) in [6, 6.07) is 21.0. The van der Waals surface area contributed by atoms with Gasteiger partial charge in [-0.2, -0.15) is 4.67 Å². The number of nitrogens with zero attached hydrogens (tertiary/aromatic N) is 3. The standard InChI is InChI=1S/C21H30N3OP/c1-4-22(5-2)26(25)23(17-20-12-8-6-9-13-20)16-19(3)24(26)18-21-14-10-7-11-15-21/h6-15,19H,4-5,16-18H2,1-3H3/t19-,26?/m1/s1. The second-order valence-electron chi connectivity index (χ2n) is 6.92. The molecule has 0 bridgehead atoms. The van der Waals surface area contributed by atoms with Crippen molar-refractivity contribution in [1.29, 1.82) is 0 Å². The van der Waals surface area contributed by atoms with Crippen molar-refractivity contribution in [2.24, 2.45) is 0 Å². The number of hydrogen-bond donors (Lipinski definition) is 0. The minimum Gasteiger partial charge on any atom is -0.636 e. The molecule has 5 heteroatoms. The molecule has 2 atom stereocenters. The fourth-order valence-corrected chi connectivity index (χ4v) is 7.30. The number of hydrogen-bond acceptors (Lipinski definition) is 4. The average Bonchev–Trinajstić information content (AvgIpc) is 2.89. The van der Waals surface area contributed by atoms with Crippen molar-refractivity contribution >= 4 is 7.94 Å². The van der Waals surface area contributed by atoms with Crippen molar-refractivity contribution < 1.29 is 4.89 Å². The molecule has 2 aromatic carbocycles. The highest BCUT2D eigenvalue weighted by atomic mass is 31.2. The molecule has 0 aromatic heterocycles. The molecule has 1 fully saturated rings. The van der Waals surface area contributed by atoms with Crippen molar-refractivity contribution in [2.45, 2.75) is 39.9 Å². The zero-order valence-corrected chi connectivity index (χ0v) is 17.0. The fraction of sp³-hybridized carbons (Fsp3) is 0.429. The van der Waals surface area contributed by atoms with Crippen LogP contribution in [0.5, 0.6) is 0 Å². The van der Waals surface area contributed by atoms with Gasteiger partial charge in [-0.1, -0.05) is 60.7 Å². The molecule has 0 N–H and O–H groups in total. The molecule has 0 amide bonds. The Morgan fingerprint density at radius 2 is 1.42 bits per heavy atom. The Bertz CT molecular complexity index is 680. The Morgan fingerprint density at radius 1 is 0.923 bits per heavy atom. The lowest BCUT2D eigenvalue weighted by Crippen LogP contribution is -2.45. The maximum atomic E-state index is 14.4. The van der Waals surface area contributed by atoms with Crippen LogP contribution in [0.1, 0.15) is 31.9 Å². The largest absolute Gasteiger partial charge is 0.636 e. The van der Waals surface area contributed by atoms with Gasteiger partial charge in [0.15, 0.2) is 7.94 Å². The van der Waals surface area contributed by atoms with Crippen molar-refractivity contribution in [3.63, 3.8) is 0 Å². The maximum Gasteiger partial charge on any atom is 0.186 e. The first-order chi connectivity index (χ1) is 12.6. The zero-order chi connectivity index (χ0) is 18.6. The summed E-state index contributed by atoms with van der Waals surface area (Å²) in [5, 5.41) is 0. The predicted octanol–water partition coefficient (Wildman–Crippen LogP) is 3.77. The van der Waals surface area contributed by atoms with Crippen LogP contribution in [0, 0.1) is 0 Å². The Hall–Kier alpha value is -1.29. The van der Waals surface area contributed by atoms with E-state index in [0.29, 0.717) is 0 Å². The molecular weight excluding hydrogens is 341 g/mol. The van der Waals surface area contributed by atoms with E-state index < -0.39 is 7.94 Å². The molecule has 1 saturated heterocycles. The van der Waals surface area contributed by atoms with E-state index in [9.17, 15) is 4.89 Å². The van der Waals surface area contributed by atoms with Gasteiger partial charge in [0.05, 0.1) is 25.7 Å². The molecule has 2 aromatic rings. The van der Waals surface area contributed by atoms with Crippen LogP contribution in [0.2, 0.25) is 0 Å². The maximum absolute atomic E-state index is 14.4. The van der Waals surface area contributed by atoms with Gasteiger partial charge in [-0.3, -0.25) is 0 Å². The van der Waals surface area contributed by atoms with E-state index in [-0.39, 0.29) is 6.04 Å². The molecule has 4 nitrogen and oxygen atoms in total. The Kier molecular flexibility index (Phi) is 6.44. The SMILES string of the molecule is CCN(CC)[P+]1([O-])N(Cc2ccccc2)C[C@@H](C)N1Cc1ccccc1. The summed E-state index contributed by atoms with van der Waals surface area (Å²) in [5.74, 6) is 0. The topological polar surface area (TPSA) is 32.8 Å². The summed E-state index contributed by atoms with van der Waals surface area (Å²) in [7, 11) is -2.79. The molecule has 3 rings (SSSR count). The van der Waals surface area contributed by atoms with Crippen LogP contribution in [-0.2, 0) is 13.1 Å². The summed E-state index contributed by atoms with van der Waals surface area (Å²) in [4.78, 5) is 14.4. The molecule has 0 spiro atoms. The predicted molar refractivity (Wildman–Crippen MR) is 108 cm³/mol. The summed E-state index contributed by atoms with van der Waals surface area (Å²) in [6.45, 7) is 10.3. The van der Waals surface area contributed by atoms with E-state index in [0.717, 1.165) is 32.7 Å². The summed E-state index contributed by atoms with van der Waals surface area (Å²) in [6.07, 6.45) is 0. The third-order valence-electron chi connectivity index (χ3n) is 5.18. The molecule has 0 saturated carbocycles. The van der Waals surface area contributed by atoms with Gasteiger partial charge in [0, 0.05) is 13.1 Å². The molecule has 1 aliphatic heterocycles. The van der Waals surface area contributed by atoms with Crippen molar-refractivity contribution in [2.75, 3.05) is 19.6 Å². The van der Waals surface area contributed by atoms with Crippen LogP contribution in [0.25, 0.3) is 0 Å². The van der Waals surface area contributed by atoms with Crippen LogP contribution < -0.4 is 4.89 Å². The van der Waals surface area contributed by atoms with E-state index in [1.54, 1.807) is 0 Å². The van der Waals surface area contributed by atoms with Crippen LogP contribution in [0.15, 0.2) is 60.7 Å². The first kappa shape index (κ1) is 19.5. The van der Waals surface area contributed by atoms with Crippen LogP contribution in [0.3, 0.4) is 0 Å². The monoisotopic (exact) mass is 371 g/mol. The summed E-state index contributed by atoms with van der Waals surface area (Å²) >= 11 is 0. The highest BCUT2D eigenvalue weighted by Crippen LogP contribution is 2.65. The van der Waals surface area contributed by atoms with Crippen molar-refractivity contribution in [3.05, 3.63) is 71.8 Å². The van der Waals surface area contributed by atoms with E-state index in [4.69, 9.17) is 0 Å². The molecule has 0 aliphatic carbocycles. The second-order valence-corrected chi connectivity index (χ2v) is 9.59. The highest BCUT2D eigenvalue weighted by Gasteiger charge is 2.54. The first-order valence-electron chi connectivity index (χ1n) is 9.55. The summed E-state index contributed by atoms with van der Waals surface area (Å²) < 4.78 is 6.60. The minimum absolute atomic E-state index is 0.255. The molecule has 0 radical (unpaired) electrons. The lowest BCUT2D eigenvalue weighted by Gasteiger charge is -2.45. The molecule has 1 aliphatic rings. The van der Waals surface area contributed by atoms with Gasteiger partial charge in [0.2, 0.25) is 0 Å². The normalized spacial score (nSPS) is 24.4. The van der Waals surface area contributed by atoms with E-state index in [2.05, 4.69) is 83.3 Å². The second kappa shape index (κ2) is 8.60. The number of benzene rings is 2. The van der Waals surface area contributed by atoms with E-state index in [1.165, 1.54) is 11.1 Å². The quantitative estimate of drug-likeness (QED) is 0.694. The minimum atomic E-state index is -2.79. The van der Waals surface area contributed by atoms with Gasteiger partial charge in [0.1, 0.15) is 0 Å². The Balaban J connectivity index is 1.91. The first-order valence-corrected chi connectivity index (χ1v) is 11.1. The van der Waals surface area contributed by atoms with Gasteiger partial charge < -0.3 is 4.89 Å². The van der Waals surface area contributed by atoms with E-state index >= 15 is 0 Å². The smallest absolute Gasteiger partial charge is 0.186 e. The van der Waals surface area contributed by atoms with E-state index in [1.807, 2.05) is 12.1 Å². The Morgan fingerprint density at radius 3 is 1.92 bits per heavy atom. The molecular formula is C21H30N3OP. The zero-order valence-electron chi connectivity index (χ0n) is 16.1. The fourth-order valence-electron chi connectivity index (χ4n) is 3.83. The van der Waals surface area contributed by atoms with Gasteiger partial charge in [-0.25, -0.2) is 0 Å². The molecule has 140 valence electrons. The number of rotatable bonds is 7. The van der Waals surface area contributed by atoms with Crippen molar-refractivity contribution in [1.82, 2.24) is 14.0 Å². The Labute approximate surface area is 158 Å². The third kappa shape index (κ3) is 3.85. The van der Waals surface area contributed by atoms with Crippen LogP contribution in [0.4, 0.5) is 0 Å². The molecule has 1 unspecified atom stereocenters. The van der Waals surface area contributed by atoms with Gasteiger partial charge in [0.25, 0.3) is 0 Å². The third-order valence-corrected chi connectivity index (χ3v) is 8.73. The highest BCUT2D eigenvalue weighted by molar-refractivity contribution is 7.62. The van der Waals surface area contributed by atoms with Gasteiger partial charge >= 0.3 is 0 Å². The van der Waals surface area contributed by atoms with Gasteiger partial charge in [-0.05, 0) is 31.9 Å². The average molecular weight is 371 g/mol. The van der Waals surface area contributed by atoms with Crippen LogP contribution >= 0.6 is 7.94 Å². The molecule has 26 heavy (non-hydrogen) atoms. The molecule has 1 heterocycles. The van der Waals surface area contributed by atoms with Crippen LogP contribution in [-0.4, -0.2) is 39.7 Å². The van der Waals surface area contributed by atoms with Gasteiger partial charge in [-0.15, -0.1) is 9.34 Å².